The third-order valence-electron chi connectivity index (χ3n) is 4.46. The Hall–Kier alpha value is -2.04. The number of nitrogens with zero attached hydrogens (tertiary/aromatic N) is 2. The molecule has 142 valence electrons. The molecule has 0 saturated heterocycles. The number of aryl methyl sites for hydroxylation is 1. The average Bonchev–Trinajstić information content (AvgIpc) is 3.17. The molecule has 2 aromatic heterocycles. The minimum atomic E-state index is -0.358. The van der Waals surface area contributed by atoms with Gasteiger partial charge >= 0.3 is 0 Å². The predicted molar refractivity (Wildman–Crippen MR) is 110 cm³/mol. The fourth-order valence-electron chi connectivity index (χ4n) is 3.07. The summed E-state index contributed by atoms with van der Waals surface area (Å²) in [7, 11) is 0. The number of fused-ring (bicyclic) bond motifs is 2. The quantitative estimate of drug-likeness (QED) is 0.325. The first kappa shape index (κ1) is 19.7. The monoisotopic (exact) mass is 408 g/mol. The molecule has 0 aliphatic carbocycles. The van der Waals surface area contributed by atoms with Crippen LogP contribution in [0.3, 0.4) is 0 Å². The molecule has 0 N–H and O–H groups in total. The summed E-state index contributed by atoms with van der Waals surface area (Å²) in [6, 6.07) is 10.0. The van der Waals surface area contributed by atoms with Gasteiger partial charge in [0.15, 0.2) is 0 Å². The lowest BCUT2D eigenvalue weighted by molar-refractivity contribution is 0.618. The summed E-state index contributed by atoms with van der Waals surface area (Å²) in [5.74, 6) is -0.607. The Kier molecular flexibility index (Phi) is 5.78. The van der Waals surface area contributed by atoms with Gasteiger partial charge in [-0.3, -0.25) is 0 Å². The van der Waals surface area contributed by atoms with Crippen molar-refractivity contribution in [2.75, 3.05) is 0 Å². The SMILES string of the molecule is CC(C)n1cc(Cl)c2cc(F)ccc21.CCn1ccc2cc(F)c(Cl)cc21. The highest BCUT2D eigenvalue weighted by atomic mass is 35.5. The minimum Gasteiger partial charge on any atom is -0.348 e. The zero-order valence-electron chi connectivity index (χ0n) is 15.3. The molecule has 6 heteroatoms. The van der Waals surface area contributed by atoms with Gasteiger partial charge in [0, 0.05) is 46.8 Å². The van der Waals surface area contributed by atoms with Gasteiger partial charge in [-0.25, -0.2) is 8.78 Å². The molecule has 0 saturated carbocycles. The first-order valence-corrected chi connectivity index (χ1v) is 9.47. The maximum absolute atomic E-state index is 13.0. The molecule has 2 heterocycles. The van der Waals surface area contributed by atoms with E-state index < -0.39 is 0 Å². The van der Waals surface area contributed by atoms with Crippen LogP contribution in [0.25, 0.3) is 21.8 Å². The van der Waals surface area contributed by atoms with Crippen LogP contribution in [-0.4, -0.2) is 9.13 Å². The van der Waals surface area contributed by atoms with Crippen LogP contribution in [0.15, 0.2) is 48.8 Å². The van der Waals surface area contributed by atoms with Crippen molar-refractivity contribution < 1.29 is 8.78 Å². The van der Waals surface area contributed by atoms with E-state index in [2.05, 4.69) is 13.8 Å². The number of rotatable bonds is 2. The predicted octanol–water partition coefficient (Wildman–Crippen LogP) is 7.47. The van der Waals surface area contributed by atoms with Crippen LogP contribution in [-0.2, 0) is 6.54 Å². The minimum absolute atomic E-state index is 0.181. The summed E-state index contributed by atoms with van der Waals surface area (Å²) in [5, 5.41) is 2.46. The van der Waals surface area contributed by atoms with Gasteiger partial charge in [0.05, 0.1) is 10.0 Å². The van der Waals surface area contributed by atoms with Gasteiger partial charge in [-0.15, -0.1) is 0 Å². The summed E-state index contributed by atoms with van der Waals surface area (Å²) < 4.78 is 30.0. The fourth-order valence-corrected chi connectivity index (χ4v) is 3.49. The molecule has 27 heavy (non-hydrogen) atoms. The molecule has 0 unspecified atom stereocenters. The smallest absolute Gasteiger partial charge is 0.142 e. The highest BCUT2D eigenvalue weighted by Crippen LogP contribution is 2.28. The van der Waals surface area contributed by atoms with Crippen LogP contribution in [0.5, 0.6) is 0 Å². The molecule has 0 fully saturated rings. The van der Waals surface area contributed by atoms with Crippen LogP contribution >= 0.6 is 23.2 Å². The van der Waals surface area contributed by atoms with Crippen molar-refractivity contribution in [3.05, 3.63) is 70.5 Å². The van der Waals surface area contributed by atoms with Crippen LogP contribution in [0.4, 0.5) is 8.78 Å². The van der Waals surface area contributed by atoms with Crippen molar-refractivity contribution in [2.45, 2.75) is 33.4 Å². The van der Waals surface area contributed by atoms with Crippen LogP contribution in [0, 0.1) is 11.6 Å². The van der Waals surface area contributed by atoms with Crippen molar-refractivity contribution in [2.24, 2.45) is 0 Å². The normalized spacial score (nSPS) is 11.3. The molecule has 4 aromatic rings. The van der Waals surface area contributed by atoms with Gasteiger partial charge in [0.1, 0.15) is 11.6 Å². The molecular formula is C21H20Cl2F2N2. The van der Waals surface area contributed by atoms with Crippen molar-refractivity contribution in [1.82, 2.24) is 9.13 Å². The third kappa shape index (κ3) is 3.97. The number of benzene rings is 2. The molecular weight excluding hydrogens is 389 g/mol. The maximum Gasteiger partial charge on any atom is 0.142 e. The molecule has 2 aromatic carbocycles. The molecule has 0 spiro atoms. The third-order valence-corrected chi connectivity index (χ3v) is 5.05. The Morgan fingerprint density at radius 1 is 0.963 bits per heavy atom. The van der Waals surface area contributed by atoms with Gasteiger partial charge in [0.25, 0.3) is 0 Å². The van der Waals surface area contributed by atoms with E-state index in [-0.39, 0.29) is 16.7 Å². The van der Waals surface area contributed by atoms with Gasteiger partial charge < -0.3 is 9.13 Å². The highest BCUT2D eigenvalue weighted by Gasteiger charge is 2.09. The first-order valence-electron chi connectivity index (χ1n) is 8.71. The van der Waals surface area contributed by atoms with E-state index in [1.807, 2.05) is 34.5 Å². The Morgan fingerprint density at radius 3 is 2.37 bits per heavy atom. The van der Waals surface area contributed by atoms with Crippen molar-refractivity contribution in [3.8, 4) is 0 Å². The standard InChI is InChI=1S/C11H11ClFN.C10H9ClFN/c1-7(2)14-6-10(12)9-5-8(13)3-4-11(9)14;1-2-13-4-3-7-5-9(12)8(11)6-10(7)13/h3-7H,1-2H3;3-6H,2H2,1H3. The summed E-state index contributed by atoms with van der Waals surface area (Å²) >= 11 is 11.7. The van der Waals surface area contributed by atoms with E-state index in [1.54, 1.807) is 12.1 Å². The number of aromatic nitrogens is 2. The summed E-state index contributed by atoms with van der Waals surface area (Å²) in [4.78, 5) is 0. The van der Waals surface area contributed by atoms with Crippen molar-refractivity contribution >= 4 is 45.0 Å². The van der Waals surface area contributed by atoms with E-state index in [0.717, 1.165) is 28.4 Å². The first-order chi connectivity index (χ1) is 12.8. The molecule has 0 aliphatic heterocycles. The van der Waals surface area contributed by atoms with Crippen LogP contribution in [0.2, 0.25) is 10.0 Å². The molecule has 0 radical (unpaired) electrons. The largest absolute Gasteiger partial charge is 0.348 e. The molecule has 4 rings (SSSR count). The number of hydrogen-bond acceptors (Lipinski definition) is 0. The molecule has 2 nitrogen and oxygen atoms in total. The van der Waals surface area contributed by atoms with E-state index in [0.29, 0.717) is 11.1 Å². The maximum atomic E-state index is 13.0. The topological polar surface area (TPSA) is 9.86 Å². The van der Waals surface area contributed by atoms with Crippen LogP contribution in [0.1, 0.15) is 26.8 Å². The highest BCUT2D eigenvalue weighted by molar-refractivity contribution is 6.35. The fraction of sp³-hybridized carbons (Fsp3) is 0.238. The molecule has 0 atom stereocenters. The number of hydrogen-bond donors (Lipinski definition) is 0. The summed E-state index contributed by atoms with van der Waals surface area (Å²) in [6.07, 6.45) is 3.77. The van der Waals surface area contributed by atoms with E-state index >= 15 is 0 Å². The Bertz CT molecular complexity index is 1100. The second kappa shape index (κ2) is 7.91. The van der Waals surface area contributed by atoms with E-state index in [1.165, 1.54) is 18.2 Å². The molecule has 0 aliphatic rings. The van der Waals surface area contributed by atoms with Gasteiger partial charge in [-0.2, -0.15) is 0 Å². The second-order valence-corrected chi connectivity index (χ2v) is 7.38. The lowest BCUT2D eigenvalue weighted by Gasteiger charge is -2.08. The Balaban J connectivity index is 0.000000156. The van der Waals surface area contributed by atoms with Crippen molar-refractivity contribution in [1.29, 1.82) is 0 Å². The Morgan fingerprint density at radius 2 is 1.70 bits per heavy atom. The van der Waals surface area contributed by atoms with Crippen LogP contribution < -0.4 is 0 Å². The number of halogens is 4. The zero-order valence-corrected chi connectivity index (χ0v) is 16.8. The van der Waals surface area contributed by atoms with Gasteiger partial charge in [-0.05, 0) is 57.2 Å². The van der Waals surface area contributed by atoms with E-state index in [9.17, 15) is 8.78 Å². The van der Waals surface area contributed by atoms with E-state index in [4.69, 9.17) is 23.2 Å². The van der Waals surface area contributed by atoms with Gasteiger partial charge in [0.2, 0.25) is 0 Å². The second-order valence-electron chi connectivity index (χ2n) is 6.57. The summed E-state index contributed by atoms with van der Waals surface area (Å²) in [6.45, 7) is 7.04. The lowest BCUT2D eigenvalue weighted by atomic mass is 10.2. The Labute approximate surface area is 166 Å². The average molecular weight is 409 g/mol. The van der Waals surface area contributed by atoms with Crippen molar-refractivity contribution in [3.63, 3.8) is 0 Å². The molecule has 0 bridgehead atoms. The van der Waals surface area contributed by atoms with Gasteiger partial charge in [-0.1, -0.05) is 23.2 Å². The lowest BCUT2D eigenvalue weighted by Crippen LogP contribution is -1.97. The molecule has 0 amide bonds. The zero-order chi connectivity index (χ0) is 19.7. The summed E-state index contributed by atoms with van der Waals surface area (Å²) in [5.41, 5.74) is 1.96.